The largest absolute Gasteiger partial charge is 0.495 e. The molecular formula is C25H23NO6. The third kappa shape index (κ3) is 3.97. The highest BCUT2D eigenvalue weighted by atomic mass is 16.5. The van der Waals surface area contributed by atoms with E-state index in [2.05, 4.69) is 5.32 Å². The molecule has 32 heavy (non-hydrogen) atoms. The molecule has 1 unspecified atom stereocenters. The van der Waals surface area contributed by atoms with Crippen molar-refractivity contribution >= 4 is 39.3 Å². The summed E-state index contributed by atoms with van der Waals surface area (Å²) in [6.07, 6.45) is -0.844. The second-order valence-corrected chi connectivity index (χ2v) is 7.32. The van der Waals surface area contributed by atoms with Crippen LogP contribution in [-0.2, 0) is 4.79 Å². The number of fused-ring (bicyclic) bond motifs is 3. The maximum atomic E-state index is 12.9. The van der Waals surface area contributed by atoms with Crippen LogP contribution in [0.3, 0.4) is 0 Å². The maximum Gasteiger partial charge on any atom is 0.265 e. The number of ether oxygens (including phenoxy) is 3. The Balaban J connectivity index is 1.58. The summed E-state index contributed by atoms with van der Waals surface area (Å²) in [7, 11) is 3.02. The summed E-state index contributed by atoms with van der Waals surface area (Å²) in [5, 5.41) is 4.71. The van der Waals surface area contributed by atoms with E-state index in [0.29, 0.717) is 34.1 Å². The summed E-state index contributed by atoms with van der Waals surface area (Å²) >= 11 is 0. The average molecular weight is 433 g/mol. The van der Waals surface area contributed by atoms with Gasteiger partial charge in [-0.2, -0.15) is 0 Å². The molecule has 0 aliphatic carbocycles. The number of benzene rings is 3. The van der Waals surface area contributed by atoms with Gasteiger partial charge in [0.2, 0.25) is 0 Å². The molecule has 0 aliphatic heterocycles. The van der Waals surface area contributed by atoms with E-state index in [9.17, 15) is 9.59 Å². The third-order valence-corrected chi connectivity index (χ3v) is 5.20. The van der Waals surface area contributed by atoms with Crippen LogP contribution < -0.4 is 19.5 Å². The highest BCUT2D eigenvalue weighted by Gasteiger charge is 2.20. The molecule has 7 heteroatoms. The summed E-state index contributed by atoms with van der Waals surface area (Å²) in [5.74, 6) is 0.775. The number of nitrogens with one attached hydrogen (secondary N) is 1. The zero-order valence-electron chi connectivity index (χ0n) is 18.2. The number of hydrogen-bond donors (Lipinski definition) is 1. The number of methoxy groups -OCH3 is 2. The molecule has 164 valence electrons. The lowest BCUT2D eigenvalue weighted by molar-refractivity contribution is -0.122. The number of hydrogen-bond acceptors (Lipinski definition) is 6. The number of rotatable bonds is 7. The molecule has 0 bridgehead atoms. The number of carbonyl (C=O) groups excluding carboxylic acids is 2. The van der Waals surface area contributed by atoms with E-state index in [1.165, 1.54) is 14.0 Å². The van der Waals surface area contributed by atoms with Gasteiger partial charge in [0.05, 0.1) is 19.9 Å². The normalized spacial score (nSPS) is 11.9. The fraction of sp³-hybridized carbons (Fsp3) is 0.200. The first-order chi connectivity index (χ1) is 15.4. The van der Waals surface area contributed by atoms with E-state index in [1.807, 2.05) is 30.3 Å². The fourth-order valence-corrected chi connectivity index (χ4v) is 3.48. The van der Waals surface area contributed by atoms with E-state index in [-0.39, 0.29) is 11.7 Å². The van der Waals surface area contributed by atoms with Crippen LogP contribution in [0, 0.1) is 0 Å². The molecule has 0 fully saturated rings. The smallest absolute Gasteiger partial charge is 0.265 e. The molecule has 1 atom stereocenters. The molecule has 4 aromatic rings. The molecule has 0 spiro atoms. The summed E-state index contributed by atoms with van der Waals surface area (Å²) < 4.78 is 22.5. The first kappa shape index (κ1) is 21.2. The molecule has 3 aromatic carbocycles. The van der Waals surface area contributed by atoms with Crippen molar-refractivity contribution in [1.82, 2.24) is 0 Å². The van der Waals surface area contributed by atoms with Gasteiger partial charge in [-0.1, -0.05) is 18.2 Å². The van der Waals surface area contributed by atoms with Crippen LogP contribution in [-0.4, -0.2) is 32.0 Å². The highest BCUT2D eigenvalue weighted by Crippen LogP contribution is 2.36. The Bertz CT molecular complexity index is 1320. The van der Waals surface area contributed by atoms with Gasteiger partial charge in [0.15, 0.2) is 23.4 Å². The molecular weight excluding hydrogens is 410 g/mol. The van der Waals surface area contributed by atoms with Crippen molar-refractivity contribution in [2.45, 2.75) is 20.0 Å². The van der Waals surface area contributed by atoms with Gasteiger partial charge in [-0.15, -0.1) is 0 Å². The molecule has 0 saturated carbocycles. The monoisotopic (exact) mass is 433 g/mol. The van der Waals surface area contributed by atoms with Gasteiger partial charge in [-0.3, -0.25) is 9.59 Å². The van der Waals surface area contributed by atoms with Crippen LogP contribution in [0.1, 0.15) is 24.2 Å². The third-order valence-electron chi connectivity index (χ3n) is 5.20. The zero-order valence-corrected chi connectivity index (χ0v) is 18.2. The Kier molecular flexibility index (Phi) is 5.73. The van der Waals surface area contributed by atoms with Crippen molar-refractivity contribution in [1.29, 1.82) is 0 Å². The van der Waals surface area contributed by atoms with Crippen LogP contribution in [0.2, 0.25) is 0 Å². The molecule has 1 amide bonds. The minimum absolute atomic E-state index is 0.0892. The predicted octanol–water partition coefficient (Wildman–Crippen LogP) is 5.21. The Hall–Kier alpha value is -4.00. The molecule has 7 nitrogen and oxygen atoms in total. The Morgan fingerprint density at radius 3 is 2.34 bits per heavy atom. The van der Waals surface area contributed by atoms with E-state index >= 15 is 0 Å². The minimum Gasteiger partial charge on any atom is -0.495 e. The number of para-hydroxylation sites is 1. The van der Waals surface area contributed by atoms with Crippen LogP contribution >= 0.6 is 0 Å². The molecule has 0 radical (unpaired) electrons. The van der Waals surface area contributed by atoms with Gasteiger partial charge in [0.25, 0.3) is 5.91 Å². The molecule has 1 N–H and O–H groups in total. The maximum absolute atomic E-state index is 12.9. The van der Waals surface area contributed by atoms with Gasteiger partial charge < -0.3 is 23.9 Å². The SMILES string of the molecule is COc1cc2c(cc1NC(=O)C(C)Oc1ccc(C(C)=O)cc1OC)oc1ccccc12. The van der Waals surface area contributed by atoms with E-state index in [1.54, 1.807) is 38.3 Å². The topological polar surface area (TPSA) is 87.0 Å². The van der Waals surface area contributed by atoms with E-state index in [4.69, 9.17) is 18.6 Å². The van der Waals surface area contributed by atoms with Crippen molar-refractivity contribution in [3.05, 3.63) is 60.2 Å². The average Bonchev–Trinajstić information content (AvgIpc) is 3.15. The second kappa shape index (κ2) is 8.63. The molecule has 1 heterocycles. The second-order valence-electron chi connectivity index (χ2n) is 7.32. The molecule has 4 rings (SSSR count). The predicted molar refractivity (Wildman–Crippen MR) is 122 cm³/mol. The Morgan fingerprint density at radius 1 is 0.875 bits per heavy atom. The first-order valence-electron chi connectivity index (χ1n) is 10.1. The number of anilines is 1. The summed E-state index contributed by atoms with van der Waals surface area (Å²) in [5.41, 5.74) is 2.36. The van der Waals surface area contributed by atoms with Gasteiger partial charge in [-0.05, 0) is 44.2 Å². The van der Waals surface area contributed by atoms with Crippen LogP contribution in [0.15, 0.2) is 59.0 Å². The van der Waals surface area contributed by atoms with Crippen molar-refractivity contribution in [2.24, 2.45) is 0 Å². The highest BCUT2D eigenvalue weighted by molar-refractivity contribution is 6.08. The van der Waals surface area contributed by atoms with E-state index in [0.717, 1.165) is 16.4 Å². The number of Topliss-reactive ketones (excluding diaryl/α,β-unsaturated/α-hetero) is 1. The summed E-state index contributed by atoms with van der Waals surface area (Å²) in [6.45, 7) is 3.09. The number of ketones is 1. The van der Waals surface area contributed by atoms with Crippen LogP contribution in [0.4, 0.5) is 5.69 Å². The number of amides is 1. The first-order valence-corrected chi connectivity index (χ1v) is 10.1. The van der Waals surface area contributed by atoms with Crippen LogP contribution in [0.25, 0.3) is 21.9 Å². The van der Waals surface area contributed by atoms with Gasteiger partial charge >= 0.3 is 0 Å². The van der Waals surface area contributed by atoms with Crippen LogP contribution in [0.5, 0.6) is 17.2 Å². The minimum atomic E-state index is -0.844. The quantitative estimate of drug-likeness (QED) is 0.403. The number of carbonyl (C=O) groups is 2. The van der Waals surface area contributed by atoms with Gasteiger partial charge in [0, 0.05) is 22.4 Å². The van der Waals surface area contributed by atoms with Crippen molar-refractivity contribution in [2.75, 3.05) is 19.5 Å². The standard InChI is InChI=1S/C25H23NO6/c1-14(27)16-9-10-21(24(11-16)30-4)31-15(2)25(28)26-19-13-22-18(12-23(19)29-3)17-7-5-6-8-20(17)32-22/h5-13,15H,1-4H3,(H,26,28). The van der Waals surface area contributed by atoms with Crippen molar-refractivity contribution in [3.8, 4) is 17.2 Å². The summed E-state index contributed by atoms with van der Waals surface area (Å²) in [4.78, 5) is 24.4. The van der Waals surface area contributed by atoms with Gasteiger partial charge in [-0.25, -0.2) is 0 Å². The molecule has 1 aromatic heterocycles. The lowest BCUT2D eigenvalue weighted by atomic mass is 10.1. The summed E-state index contributed by atoms with van der Waals surface area (Å²) in [6, 6.07) is 16.1. The fourth-order valence-electron chi connectivity index (χ4n) is 3.48. The zero-order chi connectivity index (χ0) is 22.8. The van der Waals surface area contributed by atoms with E-state index < -0.39 is 6.10 Å². The van der Waals surface area contributed by atoms with Crippen molar-refractivity contribution < 1.29 is 28.2 Å². The Morgan fingerprint density at radius 2 is 1.62 bits per heavy atom. The van der Waals surface area contributed by atoms with Gasteiger partial charge in [0.1, 0.15) is 16.9 Å². The Labute approximate surface area is 184 Å². The molecule has 0 aliphatic rings. The number of furan rings is 1. The lowest BCUT2D eigenvalue weighted by Gasteiger charge is -2.18. The molecule has 0 saturated heterocycles. The van der Waals surface area contributed by atoms with Crippen molar-refractivity contribution in [3.63, 3.8) is 0 Å². The lowest BCUT2D eigenvalue weighted by Crippen LogP contribution is -2.30.